The zero-order valence-electron chi connectivity index (χ0n) is 13.3. The zero-order chi connectivity index (χ0) is 17.5. The monoisotopic (exact) mass is 329 g/mol. The van der Waals surface area contributed by atoms with Crippen molar-refractivity contribution in [2.24, 2.45) is 10.2 Å². The van der Waals surface area contributed by atoms with Crippen LogP contribution in [0.25, 0.3) is 0 Å². The van der Waals surface area contributed by atoms with Gasteiger partial charge in [-0.15, -0.1) is 5.10 Å². The maximum atomic E-state index is 10.8. The number of hydrogen-bond acceptors (Lipinski definition) is 4. The van der Waals surface area contributed by atoms with Crippen LogP contribution in [0.5, 0.6) is 0 Å². The topological polar surface area (TPSA) is 67.9 Å². The molecule has 0 unspecified atom stereocenters. The van der Waals surface area contributed by atoms with E-state index < -0.39 is 4.92 Å². The van der Waals surface area contributed by atoms with E-state index in [-0.39, 0.29) is 5.69 Å². The highest BCUT2D eigenvalue weighted by Crippen LogP contribution is 2.13. The summed E-state index contributed by atoms with van der Waals surface area (Å²) in [5.74, 6) is 0. The van der Waals surface area contributed by atoms with E-state index >= 15 is 0 Å². The highest BCUT2D eigenvalue weighted by atomic mass is 16.6. The number of nitro benzene ring substituents is 1. The summed E-state index contributed by atoms with van der Waals surface area (Å²) in [6.45, 7) is 0. The van der Waals surface area contributed by atoms with Crippen LogP contribution >= 0.6 is 0 Å². The molecule has 0 aliphatic carbocycles. The molecule has 0 spiro atoms. The first-order valence-electron chi connectivity index (χ1n) is 7.70. The summed E-state index contributed by atoms with van der Waals surface area (Å²) < 4.78 is 0. The first-order valence-corrected chi connectivity index (χ1v) is 7.70. The predicted octanol–water partition coefficient (Wildman–Crippen LogP) is 4.47. The van der Waals surface area contributed by atoms with Crippen molar-refractivity contribution in [1.82, 2.24) is 0 Å². The highest BCUT2D eigenvalue weighted by Gasteiger charge is 2.06. The molecule has 3 aromatic carbocycles. The van der Waals surface area contributed by atoms with Crippen LogP contribution in [0.1, 0.15) is 16.7 Å². The Morgan fingerprint density at radius 3 is 2.00 bits per heavy atom. The van der Waals surface area contributed by atoms with Crippen molar-refractivity contribution >= 4 is 17.6 Å². The maximum absolute atomic E-state index is 10.8. The summed E-state index contributed by atoms with van der Waals surface area (Å²) in [5.41, 5.74) is 3.29. The smallest absolute Gasteiger partial charge is 0.258 e. The lowest BCUT2D eigenvalue weighted by Gasteiger charge is -2.05. The minimum Gasteiger partial charge on any atom is -0.258 e. The van der Waals surface area contributed by atoms with Crippen LogP contribution in [-0.4, -0.2) is 16.8 Å². The van der Waals surface area contributed by atoms with Gasteiger partial charge < -0.3 is 0 Å². The highest BCUT2D eigenvalue weighted by molar-refractivity contribution is 6.12. The quantitative estimate of drug-likeness (QED) is 0.394. The van der Waals surface area contributed by atoms with Gasteiger partial charge in [0.2, 0.25) is 0 Å². The average molecular weight is 329 g/mol. The molecule has 25 heavy (non-hydrogen) atoms. The lowest BCUT2D eigenvalue weighted by Crippen LogP contribution is -2.02. The van der Waals surface area contributed by atoms with E-state index in [2.05, 4.69) is 10.2 Å². The van der Waals surface area contributed by atoms with Crippen molar-refractivity contribution in [1.29, 1.82) is 0 Å². The SMILES string of the molecule is O=[N+]([O-])c1cccc(/C=N\N=C(c2ccccc2)c2ccccc2)c1. The molecule has 3 rings (SSSR count). The third-order valence-corrected chi connectivity index (χ3v) is 3.54. The fraction of sp³-hybridized carbons (Fsp3) is 0. The molecule has 0 saturated heterocycles. The van der Waals surface area contributed by atoms with Crippen LogP contribution < -0.4 is 0 Å². The van der Waals surface area contributed by atoms with Crippen LogP contribution in [0, 0.1) is 10.1 Å². The van der Waals surface area contributed by atoms with E-state index in [1.807, 2.05) is 60.7 Å². The third-order valence-electron chi connectivity index (χ3n) is 3.54. The Kier molecular flexibility index (Phi) is 5.07. The largest absolute Gasteiger partial charge is 0.270 e. The molecule has 0 aromatic heterocycles. The molecular formula is C20H15N3O2. The van der Waals surface area contributed by atoms with Crippen molar-refractivity contribution in [3.63, 3.8) is 0 Å². The molecule has 0 N–H and O–H groups in total. The van der Waals surface area contributed by atoms with E-state index in [4.69, 9.17) is 0 Å². The second kappa shape index (κ2) is 7.79. The molecule has 0 bridgehead atoms. The molecule has 0 aliphatic rings. The Bertz CT molecular complexity index is 878. The second-order valence-corrected chi connectivity index (χ2v) is 5.28. The van der Waals surface area contributed by atoms with E-state index in [0.717, 1.165) is 16.8 Å². The molecule has 5 nitrogen and oxygen atoms in total. The Labute approximate surface area is 145 Å². The molecular weight excluding hydrogens is 314 g/mol. The van der Waals surface area contributed by atoms with E-state index in [1.54, 1.807) is 12.1 Å². The molecule has 0 amide bonds. The summed E-state index contributed by atoms with van der Waals surface area (Å²) in [7, 11) is 0. The van der Waals surface area contributed by atoms with Crippen molar-refractivity contribution in [2.75, 3.05) is 0 Å². The van der Waals surface area contributed by atoms with Crippen LogP contribution in [0.3, 0.4) is 0 Å². The number of nitrogens with zero attached hydrogens (tertiary/aromatic N) is 3. The third kappa shape index (κ3) is 4.23. The van der Waals surface area contributed by atoms with Gasteiger partial charge in [-0.1, -0.05) is 72.8 Å². The Morgan fingerprint density at radius 2 is 1.44 bits per heavy atom. The molecule has 5 heteroatoms. The summed E-state index contributed by atoms with van der Waals surface area (Å²) in [5, 5.41) is 19.3. The molecule has 0 fully saturated rings. The molecule has 0 atom stereocenters. The van der Waals surface area contributed by atoms with Gasteiger partial charge in [-0.3, -0.25) is 10.1 Å². The van der Waals surface area contributed by atoms with E-state index in [0.29, 0.717) is 5.56 Å². The fourth-order valence-electron chi connectivity index (χ4n) is 2.35. The molecule has 0 saturated carbocycles. The van der Waals surface area contributed by atoms with Gasteiger partial charge in [-0.25, -0.2) is 0 Å². The summed E-state index contributed by atoms with van der Waals surface area (Å²) in [4.78, 5) is 10.4. The number of benzene rings is 3. The first kappa shape index (κ1) is 16.3. The van der Waals surface area contributed by atoms with E-state index in [9.17, 15) is 10.1 Å². The molecule has 0 heterocycles. The Balaban J connectivity index is 1.94. The lowest BCUT2D eigenvalue weighted by molar-refractivity contribution is -0.384. The van der Waals surface area contributed by atoms with Crippen molar-refractivity contribution in [2.45, 2.75) is 0 Å². The van der Waals surface area contributed by atoms with Gasteiger partial charge in [-0.05, 0) is 0 Å². The molecule has 122 valence electrons. The number of non-ortho nitro benzene ring substituents is 1. The van der Waals surface area contributed by atoms with Gasteiger partial charge in [0.25, 0.3) is 5.69 Å². The summed E-state index contributed by atoms with van der Waals surface area (Å²) in [6.07, 6.45) is 1.51. The second-order valence-electron chi connectivity index (χ2n) is 5.28. The Hall–Kier alpha value is -3.60. The van der Waals surface area contributed by atoms with Gasteiger partial charge in [0.05, 0.1) is 11.1 Å². The minimum absolute atomic E-state index is 0.0271. The first-order chi connectivity index (χ1) is 12.2. The Morgan fingerprint density at radius 1 is 0.840 bits per heavy atom. The van der Waals surface area contributed by atoms with Crippen molar-refractivity contribution < 1.29 is 4.92 Å². The molecule has 0 aliphatic heterocycles. The average Bonchev–Trinajstić information content (AvgIpc) is 2.67. The van der Waals surface area contributed by atoms with Gasteiger partial charge >= 0.3 is 0 Å². The predicted molar refractivity (Wildman–Crippen MR) is 99.2 cm³/mol. The fourth-order valence-corrected chi connectivity index (χ4v) is 2.35. The van der Waals surface area contributed by atoms with Crippen LogP contribution in [-0.2, 0) is 0 Å². The van der Waals surface area contributed by atoms with Crippen molar-refractivity contribution in [3.05, 3.63) is 112 Å². The lowest BCUT2D eigenvalue weighted by atomic mass is 10.0. The van der Waals surface area contributed by atoms with Crippen molar-refractivity contribution in [3.8, 4) is 0 Å². The van der Waals surface area contributed by atoms with Gasteiger partial charge in [0.15, 0.2) is 0 Å². The van der Waals surface area contributed by atoms with Gasteiger partial charge in [0, 0.05) is 28.8 Å². The van der Waals surface area contributed by atoms with Crippen LogP contribution in [0.4, 0.5) is 5.69 Å². The van der Waals surface area contributed by atoms with E-state index in [1.165, 1.54) is 18.3 Å². The standard InChI is InChI=1S/C20H15N3O2/c24-23(25)19-13-7-8-16(14-19)15-21-22-20(17-9-3-1-4-10-17)18-11-5-2-6-12-18/h1-15H/b21-15-. The van der Waals surface area contributed by atoms with Gasteiger partial charge in [0.1, 0.15) is 5.71 Å². The summed E-state index contributed by atoms with van der Waals surface area (Å²) >= 11 is 0. The van der Waals surface area contributed by atoms with Crippen LogP contribution in [0.15, 0.2) is 95.1 Å². The molecule has 3 aromatic rings. The zero-order valence-corrected chi connectivity index (χ0v) is 13.3. The normalized spacial score (nSPS) is 10.6. The number of rotatable bonds is 5. The van der Waals surface area contributed by atoms with Crippen LogP contribution in [0.2, 0.25) is 0 Å². The minimum atomic E-state index is -0.431. The summed E-state index contributed by atoms with van der Waals surface area (Å²) in [6, 6.07) is 25.8. The molecule has 0 radical (unpaired) electrons. The number of hydrogen-bond donors (Lipinski definition) is 0. The number of nitro groups is 1. The van der Waals surface area contributed by atoms with Gasteiger partial charge in [-0.2, -0.15) is 5.10 Å². The maximum Gasteiger partial charge on any atom is 0.270 e.